The molecule has 158 valence electrons. The highest BCUT2D eigenvalue weighted by Gasteiger charge is 2.24. The Morgan fingerprint density at radius 3 is 2.69 bits per heavy atom. The van der Waals surface area contributed by atoms with Crippen molar-refractivity contribution in [3.05, 3.63) is 35.9 Å². The van der Waals surface area contributed by atoms with Gasteiger partial charge in [0.2, 0.25) is 0 Å². The molecule has 1 aliphatic rings. The van der Waals surface area contributed by atoms with Gasteiger partial charge in [0.25, 0.3) is 0 Å². The van der Waals surface area contributed by atoms with Gasteiger partial charge < -0.3 is 10.1 Å². The van der Waals surface area contributed by atoms with Crippen molar-refractivity contribution in [2.45, 2.75) is 75.8 Å². The zero-order valence-electron chi connectivity index (χ0n) is 17.9. The smallest absolute Gasteiger partial charge is 0.407 e. The molecule has 1 aromatic heterocycles. The van der Waals surface area contributed by atoms with E-state index in [4.69, 9.17) is 9.72 Å². The maximum absolute atomic E-state index is 11.9. The van der Waals surface area contributed by atoms with Crippen LogP contribution in [-0.2, 0) is 4.74 Å². The lowest BCUT2D eigenvalue weighted by Gasteiger charge is -2.29. The van der Waals surface area contributed by atoms with E-state index in [-0.39, 0.29) is 12.1 Å². The Morgan fingerprint density at radius 1 is 1.28 bits per heavy atom. The van der Waals surface area contributed by atoms with Gasteiger partial charge in [-0.3, -0.25) is 0 Å². The Morgan fingerprint density at radius 2 is 2.00 bits per heavy atom. The number of allylic oxidation sites excluding steroid dienone is 1. The number of alkyl carbamates (subject to hydrolysis) is 1. The summed E-state index contributed by atoms with van der Waals surface area (Å²) in [5, 5.41) is 3.02. The van der Waals surface area contributed by atoms with Gasteiger partial charge in [-0.1, -0.05) is 35.5 Å². The van der Waals surface area contributed by atoms with E-state index >= 15 is 0 Å². The third kappa shape index (κ3) is 7.34. The number of benzene rings is 1. The van der Waals surface area contributed by atoms with Gasteiger partial charge >= 0.3 is 6.09 Å². The fraction of sp³-hybridized carbons (Fsp3) is 0.565. The topological polar surface area (TPSA) is 51.2 Å². The fourth-order valence-corrected chi connectivity index (χ4v) is 5.54. The summed E-state index contributed by atoms with van der Waals surface area (Å²) in [4.78, 5) is 16.6. The first-order valence-corrected chi connectivity index (χ1v) is 12.2. The number of carbonyl (C=O) groups is 1. The zero-order valence-corrected chi connectivity index (χ0v) is 19.5. The standard InChI is InChI=1S/C23H32N2O2S2/c1-16(15-28-22-25-19-7-5-6-8-20(19)29-22)9-10-17-11-13-18(14-12-17)24-21(26)27-23(2,3)4/h5-9,17-18H,10-15H2,1-4H3,(H,24,26). The minimum absolute atomic E-state index is 0.251. The van der Waals surface area contributed by atoms with Crippen molar-refractivity contribution >= 4 is 39.4 Å². The number of rotatable bonds is 6. The molecule has 0 atom stereocenters. The van der Waals surface area contributed by atoms with Gasteiger partial charge in [0, 0.05) is 11.8 Å². The van der Waals surface area contributed by atoms with Crippen LogP contribution in [0, 0.1) is 5.92 Å². The second-order valence-electron chi connectivity index (χ2n) is 8.89. The van der Waals surface area contributed by atoms with Crippen molar-refractivity contribution in [3.8, 4) is 0 Å². The van der Waals surface area contributed by atoms with E-state index in [0.717, 1.165) is 47.7 Å². The highest BCUT2D eigenvalue weighted by molar-refractivity contribution is 8.01. The SMILES string of the molecule is CC(=CCC1CCC(NC(=O)OC(C)(C)C)CC1)CSc1nc2ccccc2s1. The minimum atomic E-state index is -0.438. The van der Waals surface area contributed by atoms with Crippen LogP contribution in [-0.4, -0.2) is 28.5 Å². The first kappa shape index (κ1) is 22.2. The number of hydrogen-bond donors (Lipinski definition) is 1. The van der Waals surface area contributed by atoms with E-state index in [0.29, 0.717) is 5.92 Å². The number of ether oxygens (including phenoxy) is 1. The number of fused-ring (bicyclic) bond motifs is 1. The van der Waals surface area contributed by atoms with Gasteiger partial charge in [-0.05, 0) is 77.8 Å². The van der Waals surface area contributed by atoms with E-state index < -0.39 is 5.60 Å². The highest BCUT2D eigenvalue weighted by atomic mass is 32.2. The van der Waals surface area contributed by atoms with Crippen molar-refractivity contribution in [1.29, 1.82) is 0 Å². The van der Waals surface area contributed by atoms with Gasteiger partial charge in [-0.25, -0.2) is 9.78 Å². The first-order valence-electron chi connectivity index (χ1n) is 10.4. The summed E-state index contributed by atoms with van der Waals surface area (Å²) in [5.41, 5.74) is 2.08. The van der Waals surface area contributed by atoms with Crippen molar-refractivity contribution in [1.82, 2.24) is 10.3 Å². The van der Waals surface area contributed by atoms with Crippen LogP contribution in [0.2, 0.25) is 0 Å². The lowest BCUT2D eigenvalue weighted by Crippen LogP contribution is -2.40. The van der Waals surface area contributed by atoms with Crippen LogP contribution < -0.4 is 5.32 Å². The number of nitrogens with one attached hydrogen (secondary N) is 1. The molecule has 1 aromatic carbocycles. The number of hydrogen-bond acceptors (Lipinski definition) is 5. The summed E-state index contributed by atoms with van der Waals surface area (Å²) in [6.45, 7) is 7.91. The summed E-state index contributed by atoms with van der Waals surface area (Å²) in [6.07, 6.45) is 7.64. The van der Waals surface area contributed by atoms with Crippen LogP contribution in [0.5, 0.6) is 0 Å². The molecule has 1 fully saturated rings. The Kier molecular flexibility index (Phi) is 7.63. The summed E-state index contributed by atoms with van der Waals surface area (Å²) in [6, 6.07) is 8.57. The maximum atomic E-state index is 11.9. The van der Waals surface area contributed by atoms with Crippen LogP contribution in [0.25, 0.3) is 10.2 Å². The Hall–Kier alpha value is -1.53. The largest absolute Gasteiger partial charge is 0.444 e. The molecule has 1 amide bonds. The van der Waals surface area contributed by atoms with Crippen LogP contribution in [0.1, 0.15) is 59.8 Å². The molecule has 4 nitrogen and oxygen atoms in total. The second-order valence-corrected chi connectivity index (χ2v) is 11.1. The molecule has 0 aliphatic heterocycles. The minimum Gasteiger partial charge on any atom is -0.444 e. The van der Waals surface area contributed by atoms with Crippen molar-refractivity contribution < 1.29 is 9.53 Å². The number of nitrogens with zero attached hydrogens (tertiary/aromatic N) is 1. The number of aromatic nitrogens is 1. The Balaban J connectivity index is 1.37. The monoisotopic (exact) mass is 432 g/mol. The van der Waals surface area contributed by atoms with E-state index in [1.54, 1.807) is 11.3 Å². The summed E-state index contributed by atoms with van der Waals surface area (Å²) < 4.78 is 7.77. The van der Waals surface area contributed by atoms with Gasteiger partial charge in [0.05, 0.1) is 10.2 Å². The molecule has 0 unspecified atom stereocenters. The maximum Gasteiger partial charge on any atom is 0.407 e. The third-order valence-corrected chi connectivity index (χ3v) is 7.44. The quantitative estimate of drug-likeness (QED) is 0.402. The number of amides is 1. The molecular weight excluding hydrogens is 400 g/mol. The van der Waals surface area contributed by atoms with Gasteiger partial charge in [-0.15, -0.1) is 11.3 Å². The molecular formula is C23H32N2O2S2. The summed E-state index contributed by atoms with van der Waals surface area (Å²) >= 11 is 3.60. The van der Waals surface area contributed by atoms with Gasteiger partial charge in [-0.2, -0.15) is 0 Å². The lowest BCUT2D eigenvalue weighted by molar-refractivity contribution is 0.0487. The van der Waals surface area contributed by atoms with Crippen LogP contribution >= 0.6 is 23.1 Å². The van der Waals surface area contributed by atoms with Gasteiger partial charge in [0.1, 0.15) is 5.60 Å². The van der Waals surface area contributed by atoms with E-state index in [1.165, 1.54) is 10.3 Å². The molecule has 0 spiro atoms. The van der Waals surface area contributed by atoms with Crippen molar-refractivity contribution in [3.63, 3.8) is 0 Å². The average molecular weight is 433 g/mol. The molecule has 0 bridgehead atoms. The fourth-order valence-electron chi connectivity index (χ4n) is 3.53. The van der Waals surface area contributed by atoms with Crippen molar-refractivity contribution in [2.24, 2.45) is 5.92 Å². The normalized spacial score (nSPS) is 20.6. The number of thiazole rings is 1. The second kappa shape index (κ2) is 9.98. The lowest BCUT2D eigenvalue weighted by atomic mass is 9.84. The van der Waals surface area contributed by atoms with Gasteiger partial charge in [0.15, 0.2) is 4.34 Å². The van der Waals surface area contributed by atoms with Crippen molar-refractivity contribution in [2.75, 3.05) is 5.75 Å². The summed E-state index contributed by atoms with van der Waals surface area (Å²) in [5.74, 6) is 1.71. The molecule has 1 N–H and O–H groups in total. The zero-order chi connectivity index (χ0) is 20.9. The number of para-hydroxylation sites is 1. The first-order chi connectivity index (χ1) is 13.8. The molecule has 6 heteroatoms. The number of carbonyl (C=O) groups excluding carboxylic acids is 1. The van der Waals surface area contributed by atoms with Crippen LogP contribution in [0.4, 0.5) is 4.79 Å². The Labute approximate surface area is 182 Å². The van der Waals surface area contributed by atoms with E-state index in [2.05, 4.69) is 36.5 Å². The molecule has 1 saturated carbocycles. The molecule has 1 aliphatic carbocycles. The summed E-state index contributed by atoms with van der Waals surface area (Å²) in [7, 11) is 0. The Bertz CT molecular complexity index is 813. The predicted molar refractivity (Wildman–Crippen MR) is 124 cm³/mol. The van der Waals surface area contributed by atoms with Crippen LogP contribution in [0.3, 0.4) is 0 Å². The third-order valence-electron chi connectivity index (χ3n) is 5.06. The van der Waals surface area contributed by atoms with Crippen LogP contribution in [0.15, 0.2) is 40.3 Å². The van der Waals surface area contributed by atoms with E-state index in [1.807, 2.05) is 38.6 Å². The molecule has 0 radical (unpaired) electrons. The number of thioether (sulfide) groups is 1. The predicted octanol–water partition coefficient (Wildman–Crippen LogP) is 6.81. The average Bonchev–Trinajstić information content (AvgIpc) is 3.07. The molecule has 0 saturated heterocycles. The van der Waals surface area contributed by atoms with E-state index in [9.17, 15) is 4.79 Å². The molecule has 2 aromatic rings. The molecule has 3 rings (SSSR count). The molecule has 29 heavy (non-hydrogen) atoms. The molecule has 1 heterocycles. The highest BCUT2D eigenvalue weighted by Crippen LogP contribution is 2.31.